The zero-order chi connectivity index (χ0) is 32.3. The van der Waals surface area contributed by atoms with Crippen LogP contribution in [-0.4, -0.2) is 9.55 Å². The normalized spacial score (nSPS) is 11.7. The van der Waals surface area contributed by atoms with Crippen molar-refractivity contribution in [3.63, 3.8) is 0 Å². The summed E-state index contributed by atoms with van der Waals surface area (Å²) in [4.78, 5) is 5.21. The molecule has 2 nitrogen and oxygen atoms in total. The second-order valence-electron chi connectivity index (χ2n) is 12.8. The number of hydrogen-bond donors (Lipinski definition) is 0. The van der Waals surface area contributed by atoms with Gasteiger partial charge in [-0.3, -0.25) is 0 Å². The van der Waals surface area contributed by atoms with Crippen LogP contribution in [0.5, 0.6) is 0 Å². The summed E-state index contributed by atoms with van der Waals surface area (Å²) in [6.07, 6.45) is 0. The van der Waals surface area contributed by atoms with Gasteiger partial charge in [0.15, 0.2) is 0 Å². The Hall–Kier alpha value is -6.51. The van der Waals surface area contributed by atoms with Gasteiger partial charge in [0, 0.05) is 27.6 Å². The van der Waals surface area contributed by atoms with E-state index in [1.54, 1.807) is 0 Å². The van der Waals surface area contributed by atoms with Crippen LogP contribution in [0.15, 0.2) is 182 Å². The van der Waals surface area contributed by atoms with E-state index in [1.807, 2.05) is 0 Å². The van der Waals surface area contributed by atoms with Crippen LogP contribution >= 0.6 is 0 Å². The Kier molecular flexibility index (Phi) is 6.22. The molecule has 0 aliphatic carbocycles. The summed E-state index contributed by atoms with van der Waals surface area (Å²) in [5, 5.41) is 10.2. The van der Waals surface area contributed by atoms with Crippen molar-refractivity contribution >= 4 is 54.1 Å². The van der Waals surface area contributed by atoms with Crippen molar-refractivity contribution in [1.82, 2.24) is 9.55 Å². The standard InChI is InChI=1S/C47H30N2/c1-2-18-38-36(16-1)37-17-3-4-19-39(37)43-30-32(26-27-40(38)43)31-12-9-13-33(28-31)44-22-11-23-45(48-44)34-14-10-15-35(29-34)49-46-24-7-5-20-41(46)42-21-6-8-25-47(42)49/h1-30H. The van der Waals surface area contributed by atoms with Gasteiger partial charge in [-0.05, 0) is 92.0 Å². The minimum absolute atomic E-state index is 0.953. The smallest absolute Gasteiger partial charge is 0.0710 e. The summed E-state index contributed by atoms with van der Waals surface area (Å²) in [5.74, 6) is 0. The van der Waals surface area contributed by atoms with Crippen LogP contribution in [0, 0.1) is 0 Å². The van der Waals surface area contributed by atoms with Gasteiger partial charge in [0.25, 0.3) is 0 Å². The second kappa shape index (κ2) is 11.0. The van der Waals surface area contributed by atoms with Crippen molar-refractivity contribution in [2.24, 2.45) is 0 Å². The van der Waals surface area contributed by atoms with Gasteiger partial charge < -0.3 is 4.57 Å². The number of nitrogens with zero attached hydrogens (tertiary/aromatic N) is 2. The molecule has 0 unspecified atom stereocenters. The van der Waals surface area contributed by atoms with Crippen molar-refractivity contribution in [3.8, 4) is 39.3 Å². The number of rotatable bonds is 4. The number of benzene rings is 8. The van der Waals surface area contributed by atoms with Crippen LogP contribution in [0.1, 0.15) is 0 Å². The second-order valence-corrected chi connectivity index (χ2v) is 12.8. The SMILES string of the molecule is c1cc(-c2ccc3c4ccccc4c4ccccc4c3c2)cc(-c2cccc(-c3cccc(-n4c5ccccc5c5ccccc54)c3)n2)c1. The van der Waals surface area contributed by atoms with Crippen LogP contribution in [0.3, 0.4) is 0 Å². The lowest BCUT2D eigenvalue weighted by atomic mass is 9.91. The maximum absolute atomic E-state index is 5.21. The topological polar surface area (TPSA) is 17.8 Å². The highest BCUT2D eigenvalue weighted by Crippen LogP contribution is 2.38. The molecule has 0 saturated carbocycles. The zero-order valence-electron chi connectivity index (χ0n) is 26.7. The van der Waals surface area contributed by atoms with Gasteiger partial charge in [-0.15, -0.1) is 0 Å². The predicted octanol–water partition coefficient (Wildman–Crippen LogP) is 12.6. The predicted molar refractivity (Wildman–Crippen MR) is 207 cm³/mol. The van der Waals surface area contributed by atoms with Crippen molar-refractivity contribution in [2.45, 2.75) is 0 Å². The molecule has 0 spiro atoms. The number of para-hydroxylation sites is 2. The molecule has 10 aromatic rings. The molecule has 0 amide bonds. The summed E-state index contributed by atoms with van der Waals surface area (Å²) < 4.78 is 2.36. The van der Waals surface area contributed by atoms with Crippen molar-refractivity contribution < 1.29 is 0 Å². The molecule has 0 aliphatic heterocycles. The third-order valence-electron chi connectivity index (χ3n) is 9.97. The van der Waals surface area contributed by atoms with Gasteiger partial charge in [0.2, 0.25) is 0 Å². The lowest BCUT2D eigenvalue weighted by Crippen LogP contribution is -1.95. The Morgan fingerprint density at radius 3 is 1.37 bits per heavy atom. The first-order chi connectivity index (χ1) is 24.3. The van der Waals surface area contributed by atoms with Gasteiger partial charge in [-0.1, -0.05) is 133 Å². The molecule has 0 aliphatic rings. The summed E-state index contributed by atoms with van der Waals surface area (Å²) in [6.45, 7) is 0. The number of aromatic nitrogens is 2. The van der Waals surface area contributed by atoms with E-state index in [1.165, 1.54) is 65.3 Å². The van der Waals surface area contributed by atoms with Crippen molar-refractivity contribution in [2.75, 3.05) is 0 Å². The van der Waals surface area contributed by atoms with Gasteiger partial charge in [-0.25, -0.2) is 4.98 Å². The van der Waals surface area contributed by atoms with Crippen LogP contribution in [-0.2, 0) is 0 Å². The first kappa shape index (κ1) is 27.6. The minimum Gasteiger partial charge on any atom is -0.309 e. The number of pyridine rings is 1. The maximum Gasteiger partial charge on any atom is 0.0710 e. The van der Waals surface area contributed by atoms with Crippen molar-refractivity contribution in [3.05, 3.63) is 182 Å². The number of hydrogen-bond acceptors (Lipinski definition) is 1. The Balaban J connectivity index is 1.05. The van der Waals surface area contributed by atoms with E-state index in [2.05, 4.69) is 187 Å². The van der Waals surface area contributed by atoms with Crippen LogP contribution < -0.4 is 0 Å². The fraction of sp³-hybridized carbons (Fsp3) is 0. The summed E-state index contributed by atoms with van der Waals surface area (Å²) >= 11 is 0. The average molecular weight is 623 g/mol. The fourth-order valence-corrected chi connectivity index (χ4v) is 7.71. The molecule has 49 heavy (non-hydrogen) atoms. The molecule has 228 valence electrons. The largest absolute Gasteiger partial charge is 0.309 e. The molecular weight excluding hydrogens is 593 g/mol. The van der Waals surface area contributed by atoms with E-state index in [0.29, 0.717) is 0 Å². The van der Waals surface area contributed by atoms with Gasteiger partial charge in [0.1, 0.15) is 0 Å². The molecule has 0 fully saturated rings. The molecule has 8 aromatic carbocycles. The molecule has 10 rings (SSSR count). The van der Waals surface area contributed by atoms with E-state index >= 15 is 0 Å². The Morgan fingerprint density at radius 2 is 0.735 bits per heavy atom. The van der Waals surface area contributed by atoms with E-state index in [4.69, 9.17) is 4.98 Å². The molecular formula is C47H30N2. The van der Waals surface area contributed by atoms with Crippen LogP contribution in [0.4, 0.5) is 0 Å². The molecule has 0 saturated heterocycles. The van der Waals surface area contributed by atoms with Crippen LogP contribution in [0.2, 0.25) is 0 Å². The van der Waals surface area contributed by atoms with E-state index in [0.717, 1.165) is 28.2 Å². The molecule has 2 heteroatoms. The van der Waals surface area contributed by atoms with Gasteiger partial charge in [0.05, 0.1) is 22.4 Å². The first-order valence-electron chi connectivity index (χ1n) is 16.8. The summed E-state index contributed by atoms with van der Waals surface area (Å²) in [6, 6.07) is 65.5. The quantitative estimate of drug-likeness (QED) is 0.179. The Bertz CT molecular complexity index is 2800. The van der Waals surface area contributed by atoms with Gasteiger partial charge in [-0.2, -0.15) is 0 Å². The molecule has 0 radical (unpaired) electrons. The Labute approximate surface area is 284 Å². The van der Waals surface area contributed by atoms with E-state index < -0.39 is 0 Å². The summed E-state index contributed by atoms with van der Waals surface area (Å²) in [5.41, 5.74) is 10.0. The van der Waals surface area contributed by atoms with Crippen molar-refractivity contribution in [1.29, 1.82) is 0 Å². The maximum atomic E-state index is 5.21. The highest BCUT2D eigenvalue weighted by atomic mass is 15.0. The minimum atomic E-state index is 0.953. The molecule has 0 bridgehead atoms. The molecule has 0 atom stereocenters. The third-order valence-corrected chi connectivity index (χ3v) is 9.97. The van der Waals surface area contributed by atoms with E-state index in [-0.39, 0.29) is 0 Å². The van der Waals surface area contributed by atoms with Crippen LogP contribution in [0.25, 0.3) is 93.5 Å². The summed E-state index contributed by atoms with van der Waals surface area (Å²) in [7, 11) is 0. The Morgan fingerprint density at radius 1 is 0.286 bits per heavy atom. The van der Waals surface area contributed by atoms with E-state index in [9.17, 15) is 0 Å². The molecule has 2 heterocycles. The monoisotopic (exact) mass is 622 g/mol. The average Bonchev–Trinajstić information content (AvgIpc) is 3.52. The fourth-order valence-electron chi connectivity index (χ4n) is 7.71. The highest BCUT2D eigenvalue weighted by molar-refractivity contribution is 6.25. The van der Waals surface area contributed by atoms with Gasteiger partial charge >= 0.3 is 0 Å². The zero-order valence-corrected chi connectivity index (χ0v) is 26.7. The lowest BCUT2D eigenvalue weighted by molar-refractivity contribution is 1.18. The molecule has 0 N–H and O–H groups in total. The third kappa shape index (κ3) is 4.46. The lowest BCUT2D eigenvalue weighted by Gasteiger charge is -2.13. The highest BCUT2D eigenvalue weighted by Gasteiger charge is 2.14. The molecule has 2 aromatic heterocycles. The number of fused-ring (bicyclic) bond motifs is 9. The first-order valence-corrected chi connectivity index (χ1v) is 16.8.